The Morgan fingerprint density at radius 2 is 1.92 bits per heavy atom. The third-order valence-electron chi connectivity index (χ3n) is 6.77. The van der Waals surface area contributed by atoms with E-state index in [1.54, 1.807) is 12.0 Å². The summed E-state index contributed by atoms with van der Waals surface area (Å²) < 4.78 is 34.9. The molecule has 5 heterocycles. The maximum atomic E-state index is 14.9. The lowest BCUT2D eigenvalue weighted by Crippen LogP contribution is -2.42. The van der Waals surface area contributed by atoms with Crippen molar-refractivity contribution in [2.45, 2.75) is 25.4 Å². The topological polar surface area (TPSA) is 131 Å². The van der Waals surface area contributed by atoms with Crippen molar-refractivity contribution >= 4 is 34.7 Å². The number of aromatic nitrogens is 4. The van der Waals surface area contributed by atoms with E-state index in [0.29, 0.717) is 39.0 Å². The number of hydrogen-bond donors (Lipinski definition) is 2. The first kappa shape index (κ1) is 23.9. The number of nitrogens with zero attached hydrogens (tertiary/aromatic N) is 6. The van der Waals surface area contributed by atoms with E-state index in [-0.39, 0.29) is 46.3 Å². The molecule has 3 aromatic heterocycles. The molecule has 3 aromatic rings. The van der Waals surface area contributed by atoms with E-state index >= 15 is 0 Å². The summed E-state index contributed by atoms with van der Waals surface area (Å²) in [5.74, 6) is -2.11. The van der Waals surface area contributed by atoms with Crippen molar-refractivity contribution in [1.82, 2.24) is 24.5 Å². The highest BCUT2D eigenvalue weighted by atomic mass is 19.1. The number of hydrogen-bond acceptors (Lipinski definition) is 8. The van der Waals surface area contributed by atoms with E-state index in [1.165, 1.54) is 6.20 Å². The summed E-state index contributed by atoms with van der Waals surface area (Å²) >= 11 is 0. The Kier molecular flexibility index (Phi) is 6.39. The van der Waals surface area contributed by atoms with Crippen LogP contribution >= 0.6 is 0 Å². The Bertz CT molecular complexity index is 1310. The number of halogens is 2. The molecule has 2 aliphatic heterocycles. The molecular formula is C23H26F2N8O3. The van der Waals surface area contributed by atoms with Crippen molar-refractivity contribution in [1.29, 1.82) is 0 Å². The number of ether oxygens (including phenoxy) is 1. The Morgan fingerprint density at radius 3 is 2.64 bits per heavy atom. The number of likely N-dealkylation sites (tertiary alicyclic amines) is 1. The first-order chi connectivity index (χ1) is 17.4. The molecule has 190 valence electrons. The average molecular weight is 501 g/mol. The molecule has 0 radical (unpaired) electrons. The smallest absolute Gasteiger partial charge is 0.263 e. The van der Waals surface area contributed by atoms with Crippen LogP contribution in [0, 0.1) is 17.6 Å². The van der Waals surface area contributed by atoms with E-state index in [0.717, 1.165) is 29.5 Å². The standard InChI is InChI=1S/C23H26F2N8O3/c1-36-15-4-7-32(12-15)23(35)13-2-5-31(6-3-13)19-16(25)9-27-10-17(19)29-22(34)18-20(26)30-33-11-14(24)8-28-21(18)33/h8-11,13,15H,2-7,12H2,1H3,(H2,26,30)(H,29,34)/t15-/m0/s1. The van der Waals surface area contributed by atoms with Crippen molar-refractivity contribution in [2.24, 2.45) is 5.92 Å². The van der Waals surface area contributed by atoms with Crippen molar-refractivity contribution in [3.05, 3.63) is 42.0 Å². The second kappa shape index (κ2) is 9.64. The Balaban J connectivity index is 1.31. The first-order valence-electron chi connectivity index (χ1n) is 11.7. The minimum Gasteiger partial charge on any atom is -0.381 e. The fourth-order valence-corrected chi connectivity index (χ4v) is 4.90. The molecule has 0 bridgehead atoms. The summed E-state index contributed by atoms with van der Waals surface area (Å²) in [6.45, 7) is 2.14. The van der Waals surface area contributed by atoms with Gasteiger partial charge in [0, 0.05) is 39.2 Å². The minimum absolute atomic E-state index is 0.0607. The minimum atomic E-state index is -0.679. The van der Waals surface area contributed by atoms with Gasteiger partial charge in [-0.3, -0.25) is 14.6 Å². The summed E-state index contributed by atoms with van der Waals surface area (Å²) in [5, 5.41) is 6.57. The second-order valence-electron chi connectivity index (χ2n) is 8.96. The zero-order chi connectivity index (χ0) is 25.4. The number of nitrogen functional groups attached to an aromatic ring is 1. The molecule has 2 aliphatic rings. The third-order valence-corrected chi connectivity index (χ3v) is 6.77. The Morgan fingerprint density at radius 1 is 1.14 bits per heavy atom. The number of anilines is 3. The number of carbonyl (C=O) groups is 2. The predicted molar refractivity (Wildman–Crippen MR) is 126 cm³/mol. The van der Waals surface area contributed by atoms with Gasteiger partial charge in [-0.1, -0.05) is 0 Å². The van der Waals surface area contributed by atoms with Crippen LogP contribution in [0.1, 0.15) is 29.6 Å². The van der Waals surface area contributed by atoms with Gasteiger partial charge in [0.25, 0.3) is 5.91 Å². The normalized spacial score (nSPS) is 18.7. The summed E-state index contributed by atoms with van der Waals surface area (Å²) in [5.41, 5.74) is 6.21. The molecule has 0 saturated carbocycles. The molecule has 13 heteroatoms. The Hall–Kier alpha value is -3.87. The largest absolute Gasteiger partial charge is 0.381 e. The number of rotatable bonds is 5. The molecule has 2 fully saturated rings. The van der Waals surface area contributed by atoms with Gasteiger partial charge in [-0.25, -0.2) is 18.3 Å². The van der Waals surface area contributed by atoms with Gasteiger partial charge in [0.05, 0.1) is 36.6 Å². The van der Waals surface area contributed by atoms with Crippen molar-refractivity contribution in [2.75, 3.05) is 49.2 Å². The monoisotopic (exact) mass is 500 g/mol. The van der Waals surface area contributed by atoms with Crippen LogP contribution in [-0.2, 0) is 9.53 Å². The molecule has 2 saturated heterocycles. The molecule has 0 unspecified atom stereocenters. The molecule has 2 amide bonds. The molecule has 5 rings (SSSR count). The molecule has 11 nitrogen and oxygen atoms in total. The highest BCUT2D eigenvalue weighted by Gasteiger charge is 2.34. The van der Waals surface area contributed by atoms with Crippen LogP contribution in [0.4, 0.5) is 26.0 Å². The van der Waals surface area contributed by atoms with Crippen LogP contribution in [0.25, 0.3) is 5.65 Å². The first-order valence-corrected chi connectivity index (χ1v) is 11.7. The maximum absolute atomic E-state index is 14.9. The second-order valence-corrected chi connectivity index (χ2v) is 8.96. The van der Waals surface area contributed by atoms with Gasteiger partial charge in [-0.15, -0.1) is 5.10 Å². The van der Waals surface area contributed by atoms with E-state index in [9.17, 15) is 18.4 Å². The van der Waals surface area contributed by atoms with Crippen LogP contribution in [0.5, 0.6) is 0 Å². The molecular weight excluding hydrogens is 474 g/mol. The number of carbonyl (C=O) groups excluding carboxylic acids is 2. The van der Waals surface area contributed by atoms with Gasteiger partial charge in [0.15, 0.2) is 23.1 Å². The summed E-state index contributed by atoms with van der Waals surface area (Å²) in [7, 11) is 1.65. The van der Waals surface area contributed by atoms with E-state index in [2.05, 4.69) is 20.4 Å². The number of pyridine rings is 1. The fourth-order valence-electron chi connectivity index (χ4n) is 4.90. The predicted octanol–water partition coefficient (Wildman–Crippen LogP) is 1.70. The van der Waals surface area contributed by atoms with Gasteiger partial charge < -0.3 is 25.6 Å². The van der Waals surface area contributed by atoms with E-state index in [4.69, 9.17) is 10.5 Å². The van der Waals surface area contributed by atoms with Gasteiger partial charge in [0.2, 0.25) is 5.91 Å². The maximum Gasteiger partial charge on any atom is 0.263 e. The SMILES string of the molecule is CO[C@H]1CCN(C(=O)C2CCN(c3c(F)cncc3NC(=O)c3c(N)nn4cc(F)cnc34)CC2)C1. The molecule has 0 aromatic carbocycles. The van der Waals surface area contributed by atoms with Crippen LogP contribution in [0.3, 0.4) is 0 Å². The zero-order valence-electron chi connectivity index (χ0n) is 19.7. The van der Waals surface area contributed by atoms with Gasteiger partial charge in [-0.05, 0) is 19.3 Å². The third kappa shape index (κ3) is 4.41. The van der Waals surface area contributed by atoms with Crippen molar-refractivity contribution in [3.63, 3.8) is 0 Å². The summed E-state index contributed by atoms with van der Waals surface area (Å²) in [6.07, 6.45) is 6.43. The lowest BCUT2D eigenvalue weighted by molar-refractivity contribution is -0.135. The van der Waals surface area contributed by atoms with Crippen LogP contribution in [0.15, 0.2) is 24.8 Å². The fraction of sp³-hybridized carbons (Fsp3) is 0.435. The number of fused-ring (bicyclic) bond motifs is 1. The van der Waals surface area contributed by atoms with E-state index in [1.807, 2.05) is 4.90 Å². The van der Waals surface area contributed by atoms with Gasteiger partial charge >= 0.3 is 0 Å². The molecule has 36 heavy (non-hydrogen) atoms. The highest BCUT2D eigenvalue weighted by Crippen LogP contribution is 2.33. The van der Waals surface area contributed by atoms with Gasteiger partial charge in [-0.2, -0.15) is 0 Å². The van der Waals surface area contributed by atoms with Crippen LogP contribution < -0.4 is 16.0 Å². The number of piperidine rings is 1. The lowest BCUT2D eigenvalue weighted by atomic mass is 9.95. The summed E-state index contributed by atoms with van der Waals surface area (Å²) in [6, 6.07) is 0. The lowest BCUT2D eigenvalue weighted by Gasteiger charge is -2.35. The molecule has 0 aliphatic carbocycles. The van der Waals surface area contributed by atoms with E-state index < -0.39 is 17.5 Å². The van der Waals surface area contributed by atoms with Crippen molar-refractivity contribution < 1.29 is 23.1 Å². The quantitative estimate of drug-likeness (QED) is 0.541. The molecule has 3 N–H and O–H groups in total. The summed E-state index contributed by atoms with van der Waals surface area (Å²) in [4.78, 5) is 37.4. The average Bonchev–Trinajstić information content (AvgIpc) is 3.47. The number of methoxy groups -OCH3 is 1. The van der Waals surface area contributed by atoms with Crippen LogP contribution in [-0.4, -0.2) is 75.7 Å². The van der Waals surface area contributed by atoms with Crippen LogP contribution in [0.2, 0.25) is 0 Å². The number of amides is 2. The molecule has 1 atom stereocenters. The number of nitrogens with two attached hydrogens (primary N) is 1. The number of nitrogens with one attached hydrogen (secondary N) is 1. The highest BCUT2D eigenvalue weighted by molar-refractivity contribution is 6.12. The zero-order valence-corrected chi connectivity index (χ0v) is 19.7. The molecule has 0 spiro atoms. The Labute approximate surface area is 205 Å². The van der Waals surface area contributed by atoms with Crippen molar-refractivity contribution in [3.8, 4) is 0 Å². The van der Waals surface area contributed by atoms with Gasteiger partial charge in [0.1, 0.15) is 11.3 Å².